The van der Waals surface area contributed by atoms with Gasteiger partial charge in [-0.05, 0) is 122 Å². The van der Waals surface area contributed by atoms with Gasteiger partial charge >= 0.3 is 7.60 Å². The molecule has 0 aliphatic carbocycles. The van der Waals surface area contributed by atoms with Crippen molar-refractivity contribution in [1.82, 2.24) is 0 Å². The highest BCUT2D eigenvalue weighted by atomic mass is 32.2. The Kier molecular flexibility index (Phi) is 18.9. The fraction of sp³-hybridized carbons (Fsp3) is 0.306. The van der Waals surface area contributed by atoms with Crippen LogP contribution in [0, 0.1) is 77.5 Å². The predicted molar refractivity (Wildman–Crippen MR) is 182 cm³/mol. The largest absolute Gasteiger partial charge is 0.384 e. The average molecular weight is 639 g/mol. The number of benzene rings is 2. The summed E-state index contributed by atoms with van der Waals surface area (Å²) in [6.07, 6.45) is 4.40. The standard InChI is InChI=1S/C23H31N2O5PS.C13H4/c1-16(2)32-22-12-10-21(11-13-22)25-24-20-8-6-18(7-9-20)23(26)14-19(15-29-4)17(3)30-31(5,27)28;1-3-5-7-9-11-13-12-10-8-6-4-2/h6-13,16-17,19H,14-15H2,1-5H3,(H,27,28);1H,2H3/t17-,19-;/m1./s1. The van der Waals surface area contributed by atoms with Crippen LogP contribution in [-0.2, 0) is 13.8 Å². The lowest BCUT2D eigenvalue weighted by Crippen LogP contribution is -2.26. The van der Waals surface area contributed by atoms with Crippen LogP contribution < -0.4 is 0 Å². The van der Waals surface area contributed by atoms with Gasteiger partial charge in [0.15, 0.2) is 5.78 Å². The van der Waals surface area contributed by atoms with Crippen LogP contribution in [0.5, 0.6) is 0 Å². The number of terminal acetylenes is 1. The molecule has 0 saturated carbocycles. The summed E-state index contributed by atoms with van der Waals surface area (Å²) in [7, 11) is -2.14. The van der Waals surface area contributed by atoms with Crippen LogP contribution in [0.2, 0.25) is 0 Å². The Labute approximate surface area is 271 Å². The third-order valence-electron chi connectivity index (χ3n) is 5.23. The van der Waals surface area contributed by atoms with Gasteiger partial charge in [-0.25, -0.2) is 0 Å². The van der Waals surface area contributed by atoms with Crippen LogP contribution in [0.25, 0.3) is 0 Å². The molecule has 0 spiro atoms. The van der Waals surface area contributed by atoms with Gasteiger partial charge in [-0.3, -0.25) is 9.36 Å². The molecule has 9 heteroatoms. The fourth-order valence-electron chi connectivity index (χ4n) is 3.34. The summed E-state index contributed by atoms with van der Waals surface area (Å²) < 4.78 is 21.9. The van der Waals surface area contributed by atoms with Crippen molar-refractivity contribution in [3.05, 3.63) is 54.1 Å². The molecule has 0 heterocycles. The van der Waals surface area contributed by atoms with E-state index in [0.29, 0.717) is 16.5 Å². The Hall–Kier alpha value is -4.47. The second kappa shape index (κ2) is 22.1. The van der Waals surface area contributed by atoms with Gasteiger partial charge in [0.25, 0.3) is 0 Å². The summed E-state index contributed by atoms with van der Waals surface area (Å²) in [6, 6.07) is 14.8. The van der Waals surface area contributed by atoms with E-state index in [4.69, 9.17) is 15.7 Å². The van der Waals surface area contributed by atoms with Gasteiger partial charge in [0, 0.05) is 41.8 Å². The number of thioether (sulfide) groups is 1. The van der Waals surface area contributed by atoms with Crippen molar-refractivity contribution in [2.24, 2.45) is 16.1 Å². The van der Waals surface area contributed by atoms with E-state index in [1.54, 1.807) is 49.9 Å². The Morgan fingerprint density at radius 3 is 1.82 bits per heavy atom. The number of nitrogens with zero attached hydrogens (tertiary/aromatic N) is 2. The molecule has 7 nitrogen and oxygen atoms in total. The third-order valence-corrected chi connectivity index (χ3v) is 6.97. The minimum Gasteiger partial charge on any atom is -0.384 e. The van der Waals surface area contributed by atoms with E-state index >= 15 is 0 Å². The molecule has 230 valence electrons. The zero-order chi connectivity index (χ0) is 33.5. The van der Waals surface area contributed by atoms with E-state index in [0.717, 1.165) is 12.4 Å². The summed E-state index contributed by atoms with van der Waals surface area (Å²) in [4.78, 5) is 23.3. The van der Waals surface area contributed by atoms with Crippen LogP contribution in [0.1, 0.15) is 44.5 Å². The first-order chi connectivity index (χ1) is 21.5. The average Bonchev–Trinajstić information content (AvgIpc) is 2.99. The first-order valence-electron chi connectivity index (χ1n) is 13.7. The van der Waals surface area contributed by atoms with E-state index in [2.05, 4.69) is 89.2 Å². The number of carbonyl (C=O) groups is 1. The van der Waals surface area contributed by atoms with Crippen molar-refractivity contribution in [3.8, 4) is 71.5 Å². The molecular formula is C36H35N2O5PS. The molecule has 0 aliphatic rings. The van der Waals surface area contributed by atoms with E-state index in [9.17, 15) is 14.3 Å². The number of azo groups is 1. The van der Waals surface area contributed by atoms with Crippen LogP contribution in [0.15, 0.2) is 63.7 Å². The second-order valence-corrected chi connectivity index (χ2v) is 12.8. The van der Waals surface area contributed by atoms with Crippen molar-refractivity contribution in [1.29, 1.82) is 0 Å². The molecule has 2 aromatic rings. The number of methoxy groups -OCH3 is 1. The van der Waals surface area contributed by atoms with E-state index < -0.39 is 13.7 Å². The Morgan fingerprint density at radius 1 is 0.889 bits per heavy atom. The Balaban J connectivity index is 0.000000656. The third kappa shape index (κ3) is 18.7. The number of rotatable bonds is 12. The lowest BCUT2D eigenvalue weighted by atomic mass is 9.95. The maximum atomic E-state index is 12.7. The molecule has 1 unspecified atom stereocenters. The number of hydrogen-bond acceptors (Lipinski definition) is 7. The number of Topliss-reactive ketones (excluding diaryl/α,β-unsaturated/α-hetero) is 1. The van der Waals surface area contributed by atoms with Crippen LogP contribution in [-0.4, -0.2) is 42.4 Å². The summed E-state index contributed by atoms with van der Waals surface area (Å²) in [5.74, 6) is 26.5. The number of ketones is 1. The van der Waals surface area contributed by atoms with E-state index in [-0.39, 0.29) is 24.7 Å². The normalized spacial score (nSPS) is 12.2. The van der Waals surface area contributed by atoms with Crippen LogP contribution in [0.3, 0.4) is 0 Å². The molecule has 0 saturated heterocycles. The highest BCUT2D eigenvalue weighted by Gasteiger charge is 2.26. The van der Waals surface area contributed by atoms with Crippen LogP contribution >= 0.6 is 19.4 Å². The van der Waals surface area contributed by atoms with Crippen molar-refractivity contribution in [3.63, 3.8) is 0 Å². The minimum atomic E-state index is -3.65. The van der Waals surface area contributed by atoms with Crippen molar-refractivity contribution in [2.45, 2.75) is 50.4 Å². The molecule has 0 bridgehead atoms. The summed E-state index contributed by atoms with van der Waals surface area (Å²) in [6.45, 7) is 9.04. The second-order valence-electron chi connectivity index (χ2n) is 9.38. The van der Waals surface area contributed by atoms with Crippen LogP contribution in [0.4, 0.5) is 11.4 Å². The van der Waals surface area contributed by atoms with Crippen molar-refractivity contribution < 1.29 is 23.5 Å². The Morgan fingerprint density at radius 2 is 1.38 bits per heavy atom. The smallest absolute Gasteiger partial charge is 0.325 e. The van der Waals surface area contributed by atoms with Gasteiger partial charge in [0.05, 0.1) is 24.1 Å². The number of ether oxygens (including phenoxy) is 1. The fourth-order valence-corrected chi connectivity index (χ4v) is 4.96. The molecule has 2 aromatic carbocycles. The maximum absolute atomic E-state index is 12.7. The molecule has 0 fully saturated rings. The van der Waals surface area contributed by atoms with Gasteiger partial charge in [-0.2, -0.15) is 10.2 Å². The van der Waals surface area contributed by atoms with Crippen molar-refractivity contribution in [2.75, 3.05) is 20.4 Å². The minimum absolute atomic E-state index is 0.104. The summed E-state index contributed by atoms with van der Waals surface area (Å²) >= 11 is 1.79. The quantitative estimate of drug-likeness (QED) is 0.0861. The molecule has 0 aliphatic heterocycles. The van der Waals surface area contributed by atoms with Gasteiger partial charge in [0.1, 0.15) is 0 Å². The Bertz CT molecular complexity index is 1700. The first-order valence-corrected chi connectivity index (χ1v) is 16.6. The lowest BCUT2D eigenvalue weighted by molar-refractivity contribution is 0.0563. The molecule has 0 amide bonds. The first kappa shape index (κ1) is 38.6. The van der Waals surface area contributed by atoms with Gasteiger partial charge < -0.3 is 14.2 Å². The molecular weight excluding hydrogens is 603 g/mol. The highest BCUT2D eigenvalue weighted by molar-refractivity contribution is 7.99. The zero-order valence-corrected chi connectivity index (χ0v) is 27.9. The van der Waals surface area contributed by atoms with Gasteiger partial charge in [-0.15, -0.1) is 18.2 Å². The maximum Gasteiger partial charge on any atom is 0.325 e. The lowest BCUT2D eigenvalue weighted by Gasteiger charge is -2.24. The molecule has 45 heavy (non-hydrogen) atoms. The topological polar surface area (TPSA) is 97.5 Å². The molecule has 0 radical (unpaired) electrons. The predicted octanol–water partition coefficient (Wildman–Crippen LogP) is 7.31. The van der Waals surface area contributed by atoms with Crippen molar-refractivity contribution >= 4 is 36.5 Å². The number of carbonyl (C=O) groups excluding carboxylic acids is 1. The monoisotopic (exact) mass is 638 g/mol. The zero-order valence-electron chi connectivity index (χ0n) is 26.2. The summed E-state index contributed by atoms with van der Waals surface area (Å²) in [5.41, 5.74) is 1.92. The molecule has 3 atom stereocenters. The number of hydrogen-bond donors (Lipinski definition) is 1. The summed E-state index contributed by atoms with van der Waals surface area (Å²) in [5, 5.41) is 9.00. The van der Waals surface area contributed by atoms with Gasteiger partial charge in [0.2, 0.25) is 0 Å². The van der Waals surface area contributed by atoms with E-state index in [1.165, 1.54) is 12.0 Å². The highest BCUT2D eigenvalue weighted by Crippen LogP contribution is 2.40. The molecule has 2 rings (SSSR count). The SMILES string of the molecule is C#CC#CC#CC#CC#CC#CC.COC[C@@H](CC(=O)c1ccc(N=Nc2ccc(SC(C)C)cc2)cc1)[C@@H](C)OP(C)(=O)O. The molecule has 1 N–H and O–H groups in total. The van der Waals surface area contributed by atoms with Gasteiger partial charge in [-0.1, -0.05) is 19.8 Å². The molecule has 0 aromatic heterocycles. The van der Waals surface area contributed by atoms with E-state index in [1.807, 2.05) is 24.3 Å².